The van der Waals surface area contributed by atoms with E-state index in [0.29, 0.717) is 0 Å². The van der Waals surface area contributed by atoms with Gasteiger partial charge in [0.1, 0.15) is 12.4 Å². The van der Waals surface area contributed by atoms with Crippen molar-refractivity contribution in [3.8, 4) is 5.75 Å². The molecule has 0 aliphatic carbocycles. The van der Waals surface area contributed by atoms with Gasteiger partial charge in [-0.05, 0) is 31.2 Å². The zero-order chi connectivity index (χ0) is 14.4. The average molecular weight is 295 g/mol. The molecule has 0 bridgehead atoms. The maximum atomic E-state index is 5.84. The first kappa shape index (κ1) is 15.4. The van der Waals surface area contributed by atoms with E-state index in [1.165, 1.54) is 5.57 Å². The maximum Gasteiger partial charge on any atom is 0.119 e. The van der Waals surface area contributed by atoms with Crippen LogP contribution in [0.5, 0.6) is 5.75 Å². The Morgan fingerprint density at radius 3 is 2.35 bits per heavy atom. The van der Waals surface area contributed by atoms with Crippen LogP contribution in [0.25, 0.3) is 0 Å². The SMILES string of the molecule is C=C(C)CN1CCN(CCOc2ccc(Cl)cc2)CC1. The molecule has 2 rings (SSSR count). The van der Waals surface area contributed by atoms with E-state index in [9.17, 15) is 0 Å². The van der Waals surface area contributed by atoms with Crippen LogP contribution in [0.15, 0.2) is 36.4 Å². The van der Waals surface area contributed by atoms with Crippen LogP contribution in [0, 0.1) is 0 Å². The van der Waals surface area contributed by atoms with Crippen LogP contribution in [0.2, 0.25) is 5.02 Å². The van der Waals surface area contributed by atoms with Gasteiger partial charge in [0, 0.05) is 44.3 Å². The lowest BCUT2D eigenvalue weighted by molar-refractivity contribution is 0.123. The predicted molar refractivity (Wildman–Crippen MR) is 84.6 cm³/mol. The van der Waals surface area contributed by atoms with Gasteiger partial charge in [-0.2, -0.15) is 0 Å². The lowest BCUT2D eigenvalue weighted by Gasteiger charge is -2.34. The van der Waals surface area contributed by atoms with Gasteiger partial charge >= 0.3 is 0 Å². The Labute approximate surface area is 126 Å². The van der Waals surface area contributed by atoms with Gasteiger partial charge in [-0.25, -0.2) is 0 Å². The first-order chi connectivity index (χ1) is 9.63. The Kier molecular flexibility index (Phi) is 5.89. The summed E-state index contributed by atoms with van der Waals surface area (Å²) in [5.41, 5.74) is 1.24. The molecule has 0 unspecified atom stereocenters. The second-order valence-corrected chi connectivity index (χ2v) is 5.81. The van der Waals surface area contributed by atoms with Crippen LogP contribution in [0.3, 0.4) is 0 Å². The lowest BCUT2D eigenvalue weighted by atomic mass is 10.2. The molecular weight excluding hydrogens is 272 g/mol. The number of ether oxygens (including phenoxy) is 1. The largest absolute Gasteiger partial charge is 0.492 e. The molecule has 0 atom stereocenters. The van der Waals surface area contributed by atoms with E-state index in [4.69, 9.17) is 16.3 Å². The van der Waals surface area contributed by atoms with Crippen molar-refractivity contribution in [1.29, 1.82) is 0 Å². The molecule has 1 saturated heterocycles. The zero-order valence-corrected chi connectivity index (χ0v) is 12.9. The number of hydrogen-bond donors (Lipinski definition) is 0. The summed E-state index contributed by atoms with van der Waals surface area (Å²) in [4.78, 5) is 4.91. The molecule has 0 amide bonds. The molecule has 1 fully saturated rings. The molecule has 0 spiro atoms. The van der Waals surface area contributed by atoms with Crippen molar-refractivity contribution in [3.05, 3.63) is 41.4 Å². The molecule has 0 radical (unpaired) electrons. The minimum absolute atomic E-state index is 0.724. The molecular formula is C16H23ClN2O. The van der Waals surface area contributed by atoms with E-state index in [1.807, 2.05) is 24.3 Å². The summed E-state index contributed by atoms with van der Waals surface area (Å²) in [6, 6.07) is 7.53. The van der Waals surface area contributed by atoms with Crippen LogP contribution >= 0.6 is 11.6 Å². The number of benzene rings is 1. The van der Waals surface area contributed by atoms with Gasteiger partial charge in [0.25, 0.3) is 0 Å². The van der Waals surface area contributed by atoms with Crippen molar-refractivity contribution in [2.24, 2.45) is 0 Å². The standard InChI is InChI=1S/C16H23ClN2O/c1-14(2)13-19-9-7-18(8-10-19)11-12-20-16-5-3-15(17)4-6-16/h3-6H,1,7-13H2,2H3. The van der Waals surface area contributed by atoms with Gasteiger partial charge in [0.2, 0.25) is 0 Å². The van der Waals surface area contributed by atoms with Crippen LogP contribution in [0.1, 0.15) is 6.92 Å². The molecule has 110 valence electrons. The monoisotopic (exact) mass is 294 g/mol. The minimum atomic E-state index is 0.724. The Morgan fingerprint density at radius 2 is 1.75 bits per heavy atom. The highest BCUT2D eigenvalue weighted by atomic mass is 35.5. The summed E-state index contributed by atoms with van der Waals surface area (Å²) in [7, 11) is 0. The highest BCUT2D eigenvalue weighted by Crippen LogP contribution is 2.15. The van der Waals surface area contributed by atoms with Gasteiger partial charge in [-0.15, -0.1) is 0 Å². The van der Waals surface area contributed by atoms with Crippen molar-refractivity contribution in [3.63, 3.8) is 0 Å². The first-order valence-electron chi connectivity index (χ1n) is 7.11. The first-order valence-corrected chi connectivity index (χ1v) is 7.49. The molecule has 0 aromatic heterocycles. The fourth-order valence-corrected chi connectivity index (χ4v) is 2.50. The van der Waals surface area contributed by atoms with Gasteiger partial charge in [-0.3, -0.25) is 9.80 Å². The van der Waals surface area contributed by atoms with Crippen molar-refractivity contribution in [1.82, 2.24) is 9.80 Å². The second-order valence-electron chi connectivity index (χ2n) is 5.38. The quantitative estimate of drug-likeness (QED) is 0.750. The maximum absolute atomic E-state index is 5.84. The Balaban J connectivity index is 1.63. The Hall–Kier alpha value is -1.03. The molecule has 4 heteroatoms. The third-order valence-corrected chi connectivity index (χ3v) is 3.70. The van der Waals surface area contributed by atoms with Crippen molar-refractivity contribution in [2.45, 2.75) is 6.92 Å². The number of halogens is 1. The molecule has 0 N–H and O–H groups in total. The number of hydrogen-bond acceptors (Lipinski definition) is 3. The average Bonchev–Trinajstić information content (AvgIpc) is 2.42. The fourth-order valence-electron chi connectivity index (χ4n) is 2.38. The molecule has 1 aliphatic rings. The lowest BCUT2D eigenvalue weighted by Crippen LogP contribution is -2.47. The predicted octanol–water partition coefficient (Wildman–Crippen LogP) is 2.91. The topological polar surface area (TPSA) is 15.7 Å². The highest BCUT2D eigenvalue weighted by Gasteiger charge is 2.16. The molecule has 20 heavy (non-hydrogen) atoms. The van der Waals surface area contributed by atoms with Crippen molar-refractivity contribution < 1.29 is 4.74 Å². The smallest absolute Gasteiger partial charge is 0.119 e. The number of rotatable bonds is 6. The number of piperazine rings is 1. The molecule has 3 nitrogen and oxygen atoms in total. The number of nitrogens with zero attached hydrogens (tertiary/aromatic N) is 2. The normalized spacial score (nSPS) is 17.1. The Morgan fingerprint density at radius 1 is 1.15 bits per heavy atom. The van der Waals surface area contributed by atoms with E-state index < -0.39 is 0 Å². The Bertz CT molecular complexity index is 425. The third kappa shape index (κ3) is 5.16. The van der Waals surface area contributed by atoms with E-state index in [1.54, 1.807) is 0 Å². The summed E-state index contributed by atoms with van der Waals surface area (Å²) in [6.45, 7) is 13.2. The molecule has 1 aromatic carbocycles. The van der Waals surface area contributed by atoms with Crippen molar-refractivity contribution in [2.75, 3.05) is 45.9 Å². The highest BCUT2D eigenvalue weighted by molar-refractivity contribution is 6.30. The molecule has 1 heterocycles. The zero-order valence-electron chi connectivity index (χ0n) is 12.1. The van der Waals surface area contributed by atoms with Gasteiger partial charge in [-0.1, -0.05) is 23.8 Å². The summed E-state index contributed by atoms with van der Waals surface area (Å²) < 4.78 is 5.73. The molecule has 1 aliphatic heterocycles. The van der Waals surface area contributed by atoms with E-state index in [2.05, 4.69) is 23.3 Å². The van der Waals surface area contributed by atoms with Gasteiger partial charge in [0.05, 0.1) is 0 Å². The van der Waals surface area contributed by atoms with Crippen molar-refractivity contribution >= 4 is 11.6 Å². The van der Waals surface area contributed by atoms with Gasteiger partial charge < -0.3 is 4.74 Å². The van der Waals surface area contributed by atoms with Crippen LogP contribution in [-0.4, -0.2) is 55.7 Å². The van der Waals surface area contributed by atoms with E-state index >= 15 is 0 Å². The van der Waals surface area contributed by atoms with Crippen LogP contribution in [-0.2, 0) is 0 Å². The summed E-state index contributed by atoms with van der Waals surface area (Å²) in [5.74, 6) is 0.885. The minimum Gasteiger partial charge on any atom is -0.492 e. The summed E-state index contributed by atoms with van der Waals surface area (Å²) in [6.07, 6.45) is 0. The third-order valence-electron chi connectivity index (χ3n) is 3.45. The van der Waals surface area contributed by atoms with Crippen LogP contribution in [0.4, 0.5) is 0 Å². The van der Waals surface area contributed by atoms with Gasteiger partial charge in [0.15, 0.2) is 0 Å². The fraction of sp³-hybridized carbons (Fsp3) is 0.500. The van der Waals surface area contributed by atoms with Crippen LogP contribution < -0.4 is 4.74 Å². The van der Waals surface area contributed by atoms with E-state index in [-0.39, 0.29) is 0 Å². The summed E-state index contributed by atoms with van der Waals surface area (Å²) >= 11 is 5.84. The second kappa shape index (κ2) is 7.67. The summed E-state index contributed by atoms with van der Waals surface area (Å²) in [5, 5.41) is 0.742. The molecule has 0 saturated carbocycles. The molecule has 1 aromatic rings. The van der Waals surface area contributed by atoms with E-state index in [0.717, 1.165) is 56.6 Å².